The second kappa shape index (κ2) is 10.9. The minimum atomic E-state index is -0.537. The SMILES string of the molecule is COc1ccc2ncc(F)c(CCN3C/C(=N\O)[C@H](CNC(=O)OCc4ccccc4)C3)c2n1. The molecular formula is C24H26FN5O4. The molecule has 3 aromatic rings. The summed E-state index contributed by atoms with van der Waals surface area (Å²) in [5, 5.41) is 15.6. The first-order valence-corrected chi connectivity index (χ1v) is 10.9. The van der Waals surface area contributed by atoms with E-state index >= 15 is 0 Å². The van der Waals surface area contributed by atoms with Crippen molar-refractivity contribution in [1.29, 1.82) is 0 Å². The molecule has 4 rings (SSSR count). The van der Waals surface area contributed by atoms with Crippen molar-refractivity contribution < 1.29 is 23.9 Å². The molecule has 10 heteroatoms. The molecule has 2 aromatic heterocycles. The van der Waals surface area contributed by atoms with Crippen molar-refractivity contribution in [3.8, 4) is 5.88 Å². The van der Waals surface area contributed by atoms with Crippen LogP contribution in [0.15, 0.2) is 53.8 Å². The average Bonchev–Trinajstić information content (AvgIpc) is 3.28. The zero-order chi connectivity index (χ0) is 23.9. The van der Waals surface area contributed by atoms with Gasteiger partial charge in [-0.25, -0.2) is 14.2 Å². The molecule has 0 spiro atoms. The fourth-order valence-electron chi connectivity index (χ4n) is 3.99. The smallest absolute Gasteiger partial charge is 0.407 e. The highest BCUT2D eigenvalue weighted by molar-refractivity contribution is 5.90. The number of rotatable bonds is 8. The van der Waals surface area contributed by atoms with E-state index in [9.17, 15) is 14.4 Å². The van der Waals surface area contributed by atoms with Crippen LogP contribution in [-0.2, 0) is 17.8 Å². The number of aromatic nitrogens is 2. The Labute approximate surface area is 196 Å². The van der Waals surface area contributed by atoms with Crippen LogP contribution < -0.4 is 10.1 Å². The van der Waals surface area contributed by atoms with Gasteiger partial charge in [-0.05, 0) is 18.1 Å². The molecule has 1 saturated heterocycles. The molecule has 1 amide bonds. The van der Waals surface area contributed by atoms with Crippen LogP contribution in [0.5, 0.6) is 5.88 Å². The minimum absolute atomic E-state index is 0.175. The number of halogens is 1. The predicted molar refractivity (Wildman–Crippen MR) is 124 cm³/mol. The zero-order valence-electron chi connectivity index (χ0n) is 18.8. The Morgan fingerprint density at radius 3 is 2.88 bits per heavy atom. The summed E-state index contributed by atoms with van der Waals surface area (Å²) in [4.78, 5) is 22.6. The van der Waals surface area contributed by atoms with Gasteiger partial charge in [0.2, 0.25) is 5.88 Å². The Kier molecular flexibility index (Phi) is 7.48. The number of amides is 1. The van der Waals surface area contributed by atoms with Gasteiger partial charge in [-0.3, -0.25) is 9.88 Å². The maximum atomic E-state index is 14.6. The van der Waals surface area contributed by atoms with E-state index in [0.29, 0.717) is 54.2 Å². The van der Waals surface area contributed by atoms with Gasteiger partial charge in [0.1, 0.15) is 12.4 Å². The van der Waals surface area contributed by atoms with Crippen LogP contribution in [0.4, 0.5) is 9.18 Å². The van der Waals surface area contributed by atoms with E-state index in [1.165, 1.54) is 13.3 Å². The monoisotopic (exact) mass is 467 g/mol. The van der Waals surface area contributed by atoms with E-state index in [-0.39, 0.29) is 19.1 Å². The van der Waals surface area contributed by atoms with Crippen LogP contribution >= 0.6 is 0 Å². The van der Waals surface area contributed by atoms with Gasteiger partial charge >= 0.3 is 6.09 Å². The number of oxime groups is 1. The fraction of sp³-hybridized carbons (Fsp3) is 0.333. The van der Waals surface area contributed by atoms with E-state index in [1.807, 2.05) is 35.2 Å². The molecule has 1 aliphatic rings. The Hall–Kier alpha value is -3.79. The third-order valence-electron chi connectivity index (χ3n) is 5.80. The molecule has 1 atom stereocenters. The Morgan fingerprint density at radius 2 is 2.12 bits per heavy atom. The number of nitrogens with one attached hydrogen (secondary N) is 1. The Balaban J connectivity index is 1.32. The summed E-state index contributed by atoms with van der Waals surface area (Å²) in [6.07, 6.45) is 1.05. The number of carbonyl (C=O) groups excluding carboxylic acids is 1. The molecule has 178 valence electrons. The van der Waals surface area contributed by atoms with Crippen molar-refractivity contribution in [2.45, 2.75) is 13.0 Å². The molecule has 0 radical (unpaired) electrons. The van der Waals surface area contributed by atoms with Crippen molar-refractivity contribution in [1.82, 2.24) is 20.2 Å². The van der Waals surface area contributed by atoms with Gasteiger partial charge in [-0.15, -0.1) is 0 Å². The van der Waals surface area contributed by atoms with Gasteiger partial charge < -0.3 is 20.0 Å². The summed E-state index contributed by atoms with van der Waals surface area (Å²) >= 11 is 0. The number of ether oxygens (including phenoxy) is 2. The molecule has 0 aliphatic carbocycles. The summed E-state index contributed by atoms with van der Waals surface area (Å²) in [6, 6.07) is 12.8. The fourth-order valence-corrected chi connectivity index (χ4v) is 3.99. The summed E-state index contributed by atoms with van der Waals surface area (Å²) in [7, 11) is 1.51. The maximum absolute atomic E-state index is 14.6. The summed E-state index contributed by atoms with van der Waals surface area (Å²) in [6.45, 7) is 1.94. The van der Waals surface area contributed by atoms with Crippen LogP contribution in [0.3, 0.4) is 0 Å². The van der Waals surface area contributed by atoms with E-state index in [1.54, 1.807) is 12.1 Å². The van der Waals surface area contributed by atoms with Gasteiger partial charge in [0, 0.05) is 43.7 Å². The standard InChI is InChI=1S/C24H26FN5O4/c1-33-22-8-7-20-23(28-22)18(19(25)12-26-20)9-10-30-13-17(21(14-30)29-32)11-27-24(31)34-15-16-5-3-2-4-6-16/h2-8,12,17,32H,9-11,13-15H2,1H3,(H,27,31)/b29-21+/t17-/m1/s1. The van der Waals surface area contributed by atoms with Crippen LogP contribution in [0.2, 0.25) is 0 Å². The predicted octanol–water partition coefficient (Wildman–Crippen LogP) is 3.01. The van der Waals surface area contributed by atoms with Gasteiger partial charge in [-0.1, -0.05) is 35.5 Å². The van der Waals surface area contributed by atoms with Crippen molar-refractivity contribution in [3.05, 3.63) is 65.6 Å². The number of methoxy groups -OCH3 is 1. The van der Waals surface area contributed by atoms with E-state index in [2.05, 4.69) is 20.4 Å². The number of hydrogen-bond acceptors (Lipinski definition) is 8. The number of fused-ring (bicyclic) bond motifs is 1. The number of hydrogen-bond donors (Lipinski definition) is 2. The van der Waals surface area contributed by atoms with Crippen LogP contribution in [-0.4, -0.2) is 65.2 Å². The zero-order valence-corrected chi connectivity index (χ0v) is 18.8. The second-order valence-electron chi connectivity index (χ2n) is 8.02. The molecule has 0 bridgehead atoms. The molecule has 1 aliphatic heterocycles. The highest BCUT2D eigenvalue weighted by Gasteiger charge is 2.30. The summed E-state index contributed by atoms with van der Waals surface area (Å²) in [5.74, 6) is -0.211. The van der Waals surface area contributed by atoms with Crippen LogP contribution in [0, 0.1) is 11.7 Å². The normalized spacial score (nSPS) is 17.2. The molecule has 1 fully saturated rings. The van der Waals surface area contributed by atoms with Gasteiger partial charge in [0.05, 0.1) is 30.1 Å². The third kappa shape index (κ3) is 5.57. The molecular weight excluding hydrogens is 441 g/mol. The average molecular weight is 468 g/mol. The Morgan fingerprint density at radius 1 is 1.29 bits per heavy atom. The lowest BCUT2D eigenvalue weighted by atomic mass is 10.1. The van der Waals surface area contributed by atoms with E-state index < -0.39 is 11.9 Å². The number of benzene rings is 1. The molecule has 34 heavy (non-hydrogen) atoms. The molecule has 3 heterocycles. The van der Waals surface area contributed by atoms with Crippen molar-refractivity contribution in [2.75, 3.05) is 33.3 Å². The molecule has 0 unspecified atom stereocenters. The summed E-state index contributed by atoms with van der Waals surface area (Å²) in [5.41, 5.74) is 2.97. The van der Waals surface area contributed by atoms with Gasteiger partial charge in [0.15, 0.2) is 0 Å². The number of alkyl carbamates (subject to hydrolysis) is 1. The Bertz CT molecular complexity index is 1170. The minimum Gasteiger partial charge on any atom is -0.481 e. The number of carbonyl (C=O) groups is 1. The van der Waals surface area contributed by atoms with Crippen molar-refractivity contribution in [3.63, 3.8) is 0 Å². The first kappa shape index (κ1) is 23.4. The van der Waals surface area contributed by atoms with Gasteiger partial charge in [-0.2, -0.15) is 0 Å². The first-order valence-electron chi connectivity index (χ1n) is 10.9. The van der Waals surface area contributed by atoms with Crippen molar-refractivity contribution in [2.24, 2.45) is 11.1 Å². The van der Waals surface area contributed by atoms with Crippen molar-refractivity contribution >= 4 is 22.8 Å². The summed E-state index contributed by atoms with van der Waals surface area (Å²) < 4.78 is 25.0. The van der Waals surface area contributed by atoms with E-state index in [0.717, 1.165) is 5.56 Å². The number of nitrogens with zero attached hydrogens (tertiary/aromatic N) is 4. The second-order valence-corrected chi connectivity index (χ2v) is 8.02. The highest BCUT2D eigenvalue weighted by atomic mass is 19.1. The number of likely N-dealkylation sites (tertiary alicyclic amines) is 1. The lowest BCUT2D eigenvalue weighted by molar-refractivity contribution is 0.138. The van der Waals surface area contributed by atoms with Gasteiger partial charge in [0.25, 0.3) is 0 Å². The maximum Gasteiger partial charge on any atom is 0.407 e. The quantitative estimate of drug-likeness (QED) is 0.387. The van der Waals surface area contributed by atoms with Crippen LogP contribution in [0.1, 0.15) is 11.1 Å². The lowest BCUT2D eigenvalue weighted by Gasteiger charge is -2.16. The number of pyridine rings is 2. The molecule has 9 nitrogen and oxygen atoms in total. The third-order valence-corrected chi connectivity index (χ3v) is 5.80. The lowest BCUT2D eigenvalue weighted by Crippen LogP contribution is -2.33. The highest BCUT2D eigenvalue weighted by Crippen LogP contribution is 2.22. The molecule has 1 aromatic carbocycles. The van der Waals surface area contributed by atoms with Crippen LogP contribution in [0.25, 0.3) is 11.0 Å². The molecule has 0 saturated carbocycles. The molecule has 2 N–H and O–H groups in total. The largest absolute Gasteiger partial charge is 0.481 e. The van der Waals surface area contributed by atoms with E-state index in [4.69, 9.17) is 9.47 Å². The first-order chi connectivity index (χ1) is 16.6. The topological polar surface area (TPSA) is 109 Å².